The molecule has 25 nitrogen and oxygen atoms in total. The lowest BCUT2D eigenvalue weighted by atomic mass is 9.87. The average molecular weight is 1100 g/mol. The summed E-state index contributed by atoms with van der Waals surface area (Å²) in [5.74, 6) is -1.50. The van der Waals surface area contributed by atoms with E-state index in [9.17, 15) is 62.7 Å². The van der Waals surface area contributed by atoms with Crippen LogP contribution in [0.3, 0.4) is 0 Å². The van der Waals surface area contributed by atoms with Crippen LogP contribution in [-0.2, 0) is 55.5 Å². The molecule has 3 heterocycles. The lowest BCUT2D eigenvalue weighted by Crippen LogP contribution is -2.46. The number of unbranched alkanes of at least 4 members (excludes halogenated alkanes) is 4. The lowest BCUT2D eigenvalue weighted by molar-refractivity contribution is -0.137. The second kappa shape index (κ2) is 31.2. The van der Waals surface area contributed by atoms with Gasteiger partial charge in [0.2, 0.25) is 11.8 Å². The number of ketones is 1. The minimum absolute atomic E-state index is 0.0235. The normalized spacial score (nSPS) is 19.9. The molecule has 1 fully saturated rings. The average Bonchev–Trinajstić information content (AvgIpc) is 3.86. The standard InChI is InChI=1S/C43H68N7O18P3S/c1-4-5-6-7-8-9-10-11-12-13-14-15-16-17-18-19-20-21-31(51)26-34(53)72-25-24-45-33(52)22-23-46-41(56)38(55)43(2,3)28-65-71(62,63)68-70(60,61)64-27-32-37(67-69(57,58)59)36(54)42(66-32)50-30-49-35-39(44)47-29-48-40(35)50/h8-9,11-12,14-15,17-18,29-30,32,36-38,42,54-55H,4-7,10,13,16,19-28H2,1-3H3,(H,45,52)(H,46,56)(H,60,61)(H,62,63)(H2,44,47,48)(H2,57,58,59)/b9-8-,12-11-,15-14-,18-17-/t32-,36-,37-,38+,42-/m1/s1. The Bertz CT molecular complexity index is 2340. The fourth-order valence-electron chi connectivity index (χ4n) is 6.57. The van der Waals surface area contributed by atoms with Crippen LogP contribution in [0.25, 0.3) is 11.2 Å². The van der Waals surface area contributed by atoms with E-state index in [1.54, 1.807) is 0 Å². The molecule has 0 radical (unpaired) electrons. The number of carbonyl (C=O) groups excluding carboxylic acids is 4. The van der Waals surface area contributed by atoms with Crippen LogP contribution in [-0.4, -0.2) is 128 Å². The number of aromatic nitrogens is 4. The molecule has 0 aromatic carbocycles. The number of nitrogens with one attached hydrogen (secondary N) is 2. The van der Waals surface area contributed by atoms with Crippen LogP contribution in [0, 0.1) is 5.41 Å². The Morgan fingerprint density at radius 3 is 2.14 bits per heavy atom. The zero-order chi connectivity index (χ0) is 53.4. The summed E-state index contributed by atoms with van der Waals surface area (Å²) in [4.78, 5) is 101. The summed E-state index contributed by atoms with van der Waals surface area (Å²) in [6, 6.07) is 0. The van der Waals surface area contributed by atoms with E-state index >= 15 is 0 Å². The van der Waals surface area contributed by atoms with Crippen LogP contribution in [0.2, 0.25) is 0 Å². The number of fused-ring (bicyclic) bond motifs is 1. The number of nitrogen functional groups attached to an aromatic ring is 1. The molecular formula is C43H68N7O18P3S. The molecular weight excluding hydrogens is 1030 g/mol. The van der Waals surface area contributed by atoms with Crippen molar-refractivity contribution in [3.8, 4) is 0 Å². The van der Waals surface area contributed by atoms with Crippen molar-refractivity contribution in [3.63, 3.8) is 0 Å². The quantitative estimate of drug-likeness (QED) is 0.0194. The van der Waals surface area contributed by atoms with Crippen LogP contribution < -0.4 is 16.4 Å². The molecule has 2 unspecified atom stereocenters. The van der Waals surface area contributed by atoms with Crippen molar-refractivity contribution >= 4 is 74.9 Å². The van der Waals surface area contributed by atoms with E-state index in [0.717, 1.165) is 61.1 Å². The number of rotatable bonds is 35. The van der Waals surface area contributed by atoms with Gasteiger partial charge in [-0.15, -0.1) is 0 Å². The number of carbonyl (C=O) groups is 4. The molecule has 1 aliphatic rings. The number of thioether (sulfide) groups is 1. The summed E-state index contributed by atoms with van der Waals surface area (Å²) in [5, 5.41) is 26.2. The maximum absolute atomic E-state index is 12.8. The smallest absolute Gasteiger partial charge is 0.386 e. The van der Waals surface area contributed by atoms with Gasteiger partial charge in [-0.2, -0.15) is 4.31 Å². The molecule has 29 heteroatoms. The molecule has 0 saturated carbocycles. The van der Waals surface area contributed by atoms with Crippen LogP contribution in [0.1, 0.15) is 104 Å². The lowest BCUT2D eigenvalue weighted by Gasteiger charge is -2.30. The molecule has 0 bridgehead atoms. The first-order valence-corrected chi connectivity index (χ1v) is 28.6. The summed E-state index contributed by atoms with van der Waals surface area (Å²) in [7, 11) is -16.5. The molecule has 0 spiro atoms. The highest BCUT2D eigenvalue weighted by molar-refractivity contribution is 8.13. The Labute approximate surface area is 421 Å². The van der Waals surface area contributed by atoms with E-state index in [2.05, 4.69) is 77.8 Å². The van der Waals surface area contributed by atoms with Gasteiger partial charge in [-0.25, -0.2) is 28.6 Å². The summed E-state index contributed by atoms with van der Waals surface area (Å²) in [5.41, 5.74) is 4.23. The van der Waals surface area contributed by atoms with Crippen molar-refractivity contribution in [2.24, 2.45) is 5.41 Å². The Morgan fingerprint density at radius 2 is 1.50 bits per heavy atom. The van der Waals surface area contributed by atoms with Gasteiger partial charge in [0.1, 0.15) is 42.0 Å². The second-order valence-corrected chi connectivity index (χ2v) is 22.4. The molecule has 72 heavy (non-hydrogen) atoms. The molecule has 2 amide bonds. The van der Waals surface area contributed by atoms with Crippen molar-refractivity contribution in [1.82, 2.24) is 30.2 Å². The molecule has 404 valence electrons. The van der Waals surface area contributed by atoms with Gasteiger partial charge in [-0.1, -0.05) is 94.0 Å². The molecule has 0 aliphatic carbocycles. The van der Waals surface area contributed by atoms with Gasteiger partial charge in [-0.3, -0.25) is 37.3 Å². The molecule has 10 N–H and O–H groups in total. The highest BCUT2D eigenvalue weighted by Crippen LogP contribution is 2.61. The van der Waals surface area contributed by atoms with Crippen LogP contribution >= 0.6 is 35.2 Å². The van der Waals surface area contributed by atoms with Gasteiger partial charge < -0.3 is 50.9 Å². The number of ether oxygens (including phenoxy) is 1. The van der Waals surface area contributed by atoms with Gasteiger partial charge in [-0.05, 0) is 44.9 Å². The van der Waals surface area contributed by atoms with Crippen molar-refractivity contribution in [2.75, 3.05) is 37.8 Å². The number of hydrogen-bond donors (Lipinski definition) is 9. The van der Waals surface area contributed by atoms with E-state index in [1.165, 1.54) is 33.1 Å². The van der Waals surface area contributed by atoms with Crippen molar-refractivity contribution in [2.45, 2.75) is 128 Å². The number of allylic oxidation sites excluding steroid dienone is 8. The number of nitrogens with two attached hydrogens (primary N) is 1. The summed E-state index contributed by atoms with van der Waals surface area (Å²) < 4.78 is 62.4. The number of anilines is 1. The van der Waals surface area contributed by atoms with Gasteiger partial charge in [0.25, 0.3) is 0 Å². The predicted molar refractivity (Wildman–Crippen MR) is 265 cm³/mol. The monoisotopic (exact) mass is 1100 g/mol. The number of Topliss-reactive ketones (excluding diaryl/α,β-unsaturated/α-hetero) is 1. The summed E-state index contributed by atoms with van der Waals surface area (Å²) in [6.45, 7) is 2.49. The van der Waals surface area contributed by atoms with E-state index < -0.39 is 84.6 Å². The number of phosphoric ester groups is 3. The number of aliphatic hydroxyl groups excluding tert-OH is 2. The van der Waals surface area contributed by atoms with Crippen LogP contribution in [0.5, 0.6) is 0 Å². The summed E-state index contributed by atoms with van der Waals surface area (Å²) in [6.07, 6.45) is 18.9. The Kier molecular flexibility index (Phi) is 27.0. The Hall–Kier alpha value is -3.81. The maximum Gasteiger partial charge on any atom is 0.481 e. The first-order valence-electron chi connectivity index (χ1n) is 23.1. The minimum atomic E-state index is -5.60. The number of amides is 2. The van der Waals surface area contributed by atoms with Crippen molar-refractivity contribution in [1.29, 1.82) is 0 Å². The van der Waals surface area contributed by atoms with E-state index in [0.29, 0.717) is 6.42 Å². The second-order valence-electron chi connectivity index (χ2n) is 17.0. The van der Waals surface area contributed by atoms with Crippen LogP contribution in [0.4, 0.5) is 5.82 Å². The molecule has 7 atom stereocenters. The largest absolute Gasteiger partial charge is 0.481 e. The molecule has 1 saturated heterocycles. The first kappa shape index (κ1) is 62.5. The topological polar surface area (TPSA) is 381 Å². The Morgan fingerprint density at radius 1 is 0.875 bits per heavy atom. The zero-order valence-electron chi connectivity index (χ0n) is 40.4. The molecule has 2 aromatic heterocycles. The number of aliphatic hydroxyl groups is 2. The van der Waals surface area contributed by atoms with E-state index in [-0.39, 0.29) is 66.0 Å². The number of imidazole rings is 1. The van der Waals surface area contributed by atoms with Gasteiger partial charge in [0.05, 0.1) is 26.0 Å². The fourth-order valence-corrected chi connectivity index (χ4v) is 10.1. The van der Waals surface area contributed by atoms with E-state index in [1.807, 2.05) is 12.2 Å². The van der Waals surface area contributed by atoms with E-state index in [4.69, 9.17) is 19.5 Å². The minimum Gasteiger partial charge on any atom is -0.386 e. The third kappa shape index (κ3) is 23.6. The predicted octanol–water partition coefficient (Wildman–Crippen LogP) is 4.77. The van der Waals surface area contributed by atoms with Crippen molar-refractivity contribution in [3.05, 3.63) is 61.3 Å². The highest BCUT2D eigenvalue weighted by Gasteiger charge is 2.50. The van der Waals surface area contributed by atoms with Gasteiger partial charge >= 0.3 is 23.5 Å². The van der Waals surface area contributed by atoms with Gasteiger partial charge in [0.15, 0.2) is 22.8 Å². The van der Waals surface area contributed by atoms with Gasteiger partial charge in [0, 0.05) is 37.1 Å². The third-order valence-corrected chi connectivity index (χ3v) is 14.4. The number of nitrogens with zero attached hydrogens (tertiary/aromatic N) is 4. The van der Waals surface area contributed by atoms with Crippen molar-refractivity contribution < 1.29 is 85.3 Å². The third-order valence-electron chi connectivity index (χ3n) is 10.4. The maximum atomic E-state index is 12.8. The summed E-state index contributed by atoms with van der Waals surface area (Å²) >= 11 is 0.913. The zero-order valence-corrected chi connectivity index (χ0v) is 43.9. The highest BCUT2D eigenvalue weighted by atomic mass is 32.2. The number of hydrogen-bond acceptors (Lipinski definition) is 19. The van der Waals surface area contributed by atoms with Crippen LogP contribution in [0.15, 0.2) is 61.3 Å². The first-order chi connectivity index (χ1) is 33.9. The molecule has 2 aromatic rings. The fraction of sp³-hybridized carbons (Fsp3) is 0.605. The molecule has 3 rings (SSSR count). The Balaban J connectivity index is 1.29. The SMILES string of the molecule is CCCCC/C=C\C/C=C\C/C=C\C/C=C\CCCC(=O)CC(=O)SCCNC(=O)CCNC(=O)[C@H](O)C(C)(C)COP(=O)(O)OP(=O)(O)OC[C@H]1O[C@@H](n2cnc3c(N)ncnc32)[C@H](O)[C@@H]1OP(=O)(O)O. The molecule has 1 aliphatic heterocycles. The number of phosphoric acid groups is 3.